The summed E-state index contributed by atoms with van der Waals surface area (Å²) >= 11 is 2.92. The van der Waals surface area contributed by atoms with Gasteiger partial charge < -0.3 is 16.3 Å². The van der Waals surface area contributed by atoms with E-state index in [0.717, 1.165) is 5.56 Å². The molecule has 0 aliphatic rings. The molecule has 0 saturated carbocycles. The minimum atomic E-state index is -1.19. The Labute approximate surface area is 114 Å². The lowest BCUT2D eigenvalue weighted by molar-refractivity contribution is -0.132. The number of hydrogen-bond acceptors (Lipinski definition) is 6. The summed E-state index contributed by atoms with van der Waals surface area (Å²) in [6.45, 7) is 0. The predicted octanol–water partition coefficient (Wildman–Crippen LogP) is 1.32. The number of aliphatic carboxylic acids is 1. The van der Waals surface area contributed by atoms with E-state index in [1.54, 1.807) is 11.8 Å². The third-order valence-corrected chi connectivity index (χ3v) is 4.00. The number of benzene rings is 1. The molecule has 18 heavy (non-hydrogen) atoms. The number of carboxylic acid groups (broad SMARTS) is 1. The molecule has 0 heterocycles. The highest BCUT2D eigenvalue weighted by Gasteiger charge is 2.10. The highest BCUT2D eigenvalue weighted by molar-refractivity contribution is 8.02. The van der Waals surface area contributed by atoms with Gasteiger partial charge in [0.2, 0.25) is 0 Å². The van der Waals surface area contributed by atoms with Crippen LogP contribution in [0.4, 0.5) is 0 Å². The summed E-state index contributed by atoms with van der Waals surface area (Å²) in [6, 6.07) is 8.01. The van der Waals surface area contributed by atoms with E-state index in [4.69, 9.17) is 16.7 Å². The maximum Gasteiger partial charge on any atom is 0.354 e. The summed E-state index contributed by atoms with van der Waals surface area (Å²) < 4.78 is 0. The first-order chi connectivity index (χ1) is 8.58. The quantitative estimate of drug-likeness (QED) is 0.270. The fourth-order valence-corrected chi connectivity index (χ4v) is 2.41. The van der Waals surface area contributed by atoms with Crippen LogP contribution in [0, 0.1) is 0 Å². The van der Waals surface area contributed by atoms with Crippen molar-refractivity contribution in [3.05, 3.63) is 40.6 Å². The van der Waals surface area contributed by atoms with Gasteiger partial charge in [-0.3, -0.25) is 0 Å². The summed E-state index contributed by atoms with van der Waals surface area (Å²) in [5.74, 6) is 4.66. The second kappa shape index (κ2) is 7.20. The van der Waals surface area contributed by atoms with Crippen molar-refractivity contribution in [2.24, 2.45) is 11.6 Å². The number of carboxylic acids is 1. The Morgan fingerprint density at radius 1 is 1.39 bits per heavy atom. The highest BCUT2D eigenvalue weighted by atomic mass is 32.2. The largest absolute Gasteiger partial charge is 0.477 e. The predicted molar refractivity (Wildman–Crippen MR) is 75.7 cm³/mol. The first kappa shape index (κ1) is 14.7. The van der Waals surface area contributed by atoms with Crippen LogP contribution in [-0.4, -0.2) is 17.3 Å². The van der Waals surface area contributed by atoms with Gasteiger partial charge in [-0.05, 0) is 24.0 Å². The molecule has 0 saturated heterocycles. The lowest BCUT2D eigenvalue weighted by Gasteiger charge is -2.08. The van der Waals surface area contributed by atoms with E-state index < -0.39 is 5.97 Å². The van der Waals surface area contributed by atoms with Gasteiger partial charge in [-0.15, -0.1) is 23.5 Å². The minimum Gasteiger partial charge on any atom is -0.477 e. The van der Waals surface area contributed by atoms with Crippen LogP contribution in [0.3, 0.4) is 0 Å². The van der Waals surface area contributed by atoms with Crippen molar-refractivity contribution in [2.45, 2.75) is 10.6 Å². The Balaban J connectivity index is 2.68. The van der Waals surface area contributed by atoms with E-state index >= 15 is 0 Å². The van der Waals surface area contributed by atoms with Gasteiger partial charge in [-0.2, -0.15) is 0 Å². The van der Waals surface area contributed by atoms with Gasteiger partial charge in [0.05, 0.1) is 0 Å². The summed E-state index contributed by atoms with van der Waals surface area (Å²) in [5.41, 5.74) is 8.50. The maximum atomic E-state index is 10.7. The molecule has 0 bridgehead atoms. The van der Waals surface area contributed by atoms with Crippen LogP contribution in [-0.2, 0) is 10.5 Å². The zero-order valence-corrected chi connectivity index (χ0v) is 11.5. The third kappa shape index (κ3) is 4.17. The van der Waals surface area contributed by atoms with Gasteiger partial charge in [0, 0.05) is 10.6 Å². The van der Waals surface area contributed by atoms with Gasteiger partial charge in [0.1, 0.15) is 10.7 Å². The summed E-state index contributed by atoms with van der Waals surface area (Å²) in [7, 11) is 0. The van der Waals surface area contributed by atoms with Gasteiger partial charge in [-0.1, -0.05) is 12.1 Å². The monoisotopic (exact) mass is 285 g/mol. The third-order valence-electron chi connectivity index (χ3n) is 2.15. The molecule has 0 fully saturated rings. The molecule has 0 amide bonds. The first-order valence-electron chi connectivity index (χ1n) is 5.04. The normalized spacial score (nSPS) is 11.9. The Bertz CT molecular complexity index is 446. The van der Waals surface area contributed by atoms with Crippen molar-refractivity contribution < 1.29 is 9.90 Å². The van der Waals surface area contributed by atoms with E-state index in [-0.39, 0.29) is 10.7 Å². The first-order valence-corrected chi connectivity index (χ1v) is 7.25. The molecule has 0 unspecified atom stereocenters. The van der Waals surface area contributed by atoms with Crippen molar-refractivity contribution in [3.8, 4) is 0 Å². The van der Waals surface area contributed by atoms with Crippen LogP contribution in [0.25, 0.3) is 0 Å². The van der Waals surface area contributed by atoms with E-state index in [0.29, 0.717) is 5.75 Å². The topological polar surface area (TPSA) is 101 Å². The van der Waals surface area contributed by atoms with Crippen molar-refractivity contribution in [3.63, 3.8) is 0 Å². The van der Waals surface area contributed by atoms with E-state index in [1.807, 2.05) is 30.5 Å². The fraction of sp³-hybridized carbons (Fsp3) is 0.182. The Morgan fingerprint density at radius 2 is 2.00 bits per heavy atom. The van der Waals surface area contributed by atoms with Gasteiger partial charge in [0.15, 0.2) is 0 Å². The van der Waals surface area contributed by atoms with Crippen LogP contribution in [0.2, 0.25) is 0 Å². The van der Waals surface area contributed by atoms with E-state index in [1.165, 1.54) is 16.7 Å². The van der Waals surface area contributed by atoms with Gasteiger partial charge in [0.25, 0.3) is 0 Å². The number of nitrogens with one attached hydrogen (secondary N) is 1. The molecule has 0 spiro atoms. The molecule has 98 valence electrons. The molecule has 0 aliphatic carbocycles. The molecule has 1 aromatic carbocycles. The van der Waals surface area contributed by atoms with Crippen molar-refractivity contribution in [2.75, 3.05) is 6.26 Å². The van der Waals surface area contributed by atoms with Crippen LogP contribution < -0.4 is 17.0 Å². The smallest absolute Gasteiger partial charge is 0.354 e. The van der Waals surface area contributed by atoms with E-state index in [2.05, 4.69) is 5.43 Å². The molecule has 1 aromatic rings. The number of hydrogen-bond donors (Lipinski definition) is 4. The zero-order valence-electron chi connectivity index (χ0n) is 9.84. The molecular formula is C11H15N3O2S2. The number of thioether (sulfide) groups is 2. The molecule has 0 aliphatic heterocycles. The second-order valence-electron chi connectivity index (χ2n) is 3.33. The van der Waals surface area contributed by atoms with Crippen LogP contribution >= 0.6 is 23.5 Å². The molecule has 1 rings (SSSR count). The standard InChI is InChI=1S/C11H15N3O2S2/c1-17-8-4-2-7(3-5-8)6-18-10(14-13)9(12)11(15)16/h2-5,14H,6,12-13H2,1H3,(H,15,16)/b10-9+. The molecule has 0 radical (unpaired) electrons. The second-order valence-corrected chi connectivity index (χ2v) is 5.19. The number of rotatable bonds is 6. The molecule has 6 N–H and O–H groups in total. The summed E-state index contributed by atoms with van der Waals surface area (Å²) in [6.07, 6.45) is 2.01. The molecule has 7 heteroatoms. The lowest BCUT2D eigenvalue weighted by Crippen LogP contribution is -2.26. The SMILES string of the molecule is CSc1ccc(CS/C(NN)=C(/N)C(=O)O)cc1. The number of hydrazine groups is 1. The Kier molecular flexibility index (Phi) is 5.90. The average molecular weight is 285 g/mol. The van der Waals surface area contributed by atoms with Crippen LogP contribution in [0.1, 0.15) is 5.56 Å². The Morgan fingerprint density at radius 3 is 2.44 bits per heavy atom. The summed E-state index contributed by atoms with van der Waals surface area (Å²) in [5, 5.41) is 9.02. The van der Waals surface area contributed by atoms with Crippen LogP contribution in [0.5, 0.6) is 0 Å². The van der Waals surface area contributed by atoms with Crippen molar-refractivity contribution in [1.82, 2.24) is 5.43 Å². The van der Waals surface area contributed by atoms with E-state index in [9.17, 15) is 4.79 Å². The summed E-state index contributed by atoms with van der Waals surface area (Å²) in [4.78, 5) is 11.9. The highest BCUT2D eigenvalue weighted by Crippen LogP contribution is 2.22. The lowest BCUT2D eigenvalue weighted by atomic mass is 10.2. The van der Waals surface area contributed by atoms with Crippen molar-refractivity contribution in [1.29, 1.82) is 0 Å². The van der Waals surface area contributed by atoms with Gasteiger partial charge in [-0.25, -0.2) is 10.6 Å². The van der Waals surface area contributed by atoms with Gasteiger partial charge >= 0.3 is 5.97 Å². The molecule has 0 aromatic heterocycles. The maximum absolute atomic E-state index is 10.7. The van der Waals surface area contributed by atoms with Crippen LogP contribution in [0.15, 0.2) is 39.9 Å². The number of nitrogens with two attached hydrogens (primary N) is 2. The fourth-order valence-electron chi connectivity index (χ4n) is 1.17. The zero-order chi connectivity index (χ0) is 13.5. The molecule has 5 nitrogen and oxygen atoms in total. The Hall–Kier alpha value is -1.31. The molecular weight excluding hydrogens is 270 g/mol. The number of carbonyl (C=O) groups is 1. The van der Waals surface area contributed by atoms with Crippen molar-refractivity contribution >= 4 is 29.5 Å². The average Bonchev–Trinajstić information content (AvgIpc) is 2.39. The molecule has 0 atom stereocenters. The minimum absolute atomic E-state index is 0.261.